The van der Waals surface area contributed by atoms with Crippen LogP contribution in [0, 0.1) is 0 Å². The van der Waals surface area contributed by atoms with Crippen LogP contribution in [-0.4, -0.2) is 31.4 Å². The lowest BCUT2D eigenvalue weighted by Crippen LogP contribution is -2.27. The maximum Gasteiger partial charge on any atom is 0.168 e. The van der Waals surface area contributed by atoms with E-state index in [-0.39, 0.29) is 0 Å². The van der Waals surface area contributed by atoms with Gasteiger partial charge in [0.25, 0.3) is 0 Å². The number of rotatable bonds is 1. The quantitative estimate of drug-likeness (QED) is 0.776. The van der Waals surface area contributed by atoms with Crippen molar-refractivity contribution in [1.29, 1.82) is 0 Å². The van der Waals surface area contributed by atoms with Gasteiger partial charge in [-0.25, -0.2) is 0 Å². The fourth-order valence-electron chi connectivity index (χ4n) is 2.63. The predicted molar refractivity (Wildman–Crippen MR) is 63.9 cm³/mol. The third-order valence-corrected chi connectivity index (χ3v) is 3.47. The van der Waals surface area contributed by atoms with Crippen LogP contribution in [0.3, 0.4) is 0 Å². The van der Waals surface area contributed by atoms with E-state index in [0.717, 1.165) is 43.0 Å². The number of fused-ring (bicyclic) bond motifs is 1. The van der Waals surface area contributed by atoms with Crippen LogP contribution in [0.1, 0.15) is 24.3 Å². The Balaban J connectivity index is 2.01. The van der Waals surface area contributed by atoms with E-state index in [1.165, 1.54) is 0 Å². The first-order chi connectivity index (χ1) is 8.36. The van der Waals surface area contributed by atoms with Gasteiger partial charge in [-0.3, -0.25) is 0 Å². The van der Waals surface area contributed by atoms with Crippen molar-refractivity contribution in [3.05, 3.63) is 17.7 Å². The normalized spacial score (nSPS) is 20.2. The summed E-state index contributed by atoms with van der Waals surface area (Å²) >= 11 is 0. The molecule has 3 rings (SSSR count). The third-order valence-electron chi connectivity index (χ3n) is 3.47. The Bertz CT molecular complexity index is 413. The molecule has 1 fully saturated rings. The van der Waals surface area contributed by atoms with Gasteiger partial charge in [-0.05, 0) is 44.0 Å². The number of hydrogen-bond acceptors (Lipinski definition) is 4. The van der Waals surface area contributed by atoms with Crippen LogP contribution in [0.4, 0.5) is 0 Å². The molecule has 1 aromatic carbocycles. The molecule has 4 nitrogen and oxygen atoms in total. The Morgan fingerprint density at radius 1 is 1.12 bits per heavy atom. The van der Waals surface area contributed by atoms with Crippen molar-refractivity contribution >= 4 is 0 Å². The number of ether oxygens (including phenoxy) is 2. The Hall–Kier alpha value is -1.42. The van der Waals surface area contributed by atoms with Crippen LogP contribution < -0.4 is 14.8 Å². The molecule has 4 heteroatoms. The standard InChI is InChI=1S/C13H17NO3/c15-10-1-2-11-13(17-8-7-16-11)12(10)9-3-5-14-6-4-9/h1-2,9,14-15H,3-8H2. The molecule has 0 bridgehead atoms. The smallest absolute Gasteiger partial charge is 0.168 e. The van der Waals surface area contributed by atoms with E-state index in [1.54, 1.807) is 12.1 Å². The molecule has 92 valence electrons. The van der Waals surface area contributed by atoms with E-state index in [1.807, 2.05) is 0 Å². The summed E-state index contributed by atoms with van der Waals surface area (Å²) in [6.45, 7) is 3.14. The highest BCUT2D eigenvalue weighted by Crippen LogP contribution is 2.45. The van der Waals surface area contributed by atoms with Crippen LogP contribution in [0.2, 0.25) is 0 Å². The summed E-state index contributed by atoms with van der Waals surface area (Å²) in [5.41, 5.74) is 0.934. The number of benzene rings is 1. The fourth-order valence-corrected chi connectivity index (χ4v) is 2.63. The van der Waals surface area contributed by atoms with E-state index < -0.39 is 0 Å². The van der Waals surface area contributed by atoms with Crippen molar-refractivity contribution < 1.29 is 14.6 Å². The van der Waals surface area contributed by atoms with Crippen LogP contribution >= 0.6 is 0 Å². The molecule has 1 aromatic rings. The van der Waals surface area contributed by atoms with E-state index in [0.29, 0.717) is 24.9 Å². The highest BCUT2D eigenvalue weighted by atomic mass is 16.6. The molecule has 0 saturated carbocycles. The summed E-state index contributed by atoms with van der Waals surface area (Å²) in [6.07, 6.45) is 2.07. The molecule has 2 N–H and O–H groups in total. The molecule has 17 heavy (non-hydrogen) atoms. The molecule has 0 aromatic heterocycles. The molecular formula is C13H17NO3. The molecule has 0 unspecified atom stereocenters. The summed E-state index contributed by atoms with van der Waals surface area (Å²) in [5.74, 6) is 2.22. The summed E-state index contributed by atoms with van der Waals surface area (Å²) in [5, 5.41) is 13.4. The Morgan fingerprint density at radius 3 is 2.71 bits per heavy atom. The van der Waals surface area contributed by atoms with Crippen LogP contribution in [0.25, 0.3) is 0 Å². The fraction of sp³-hybridized carbons (Fsp3) is 0.538. The Kier molecular flexibility index (Phi) is 2.81. The first kappa shape index (κ1) is 10.7. The van der Waals surface area contributed by atoms with Gasteiger partial charge in [-0.2, -0.15) is 0 Å². The Labute approximate surface area is 101 Å². The molecule has 1 saturated heterocycles. The van der Waals surface area contributed by atoms with Gasteiger partial charge in [0.05, 0.1) is 0 Å². The lowest BCUT2D eigenvalue weighted by molar-refractivity contribution is 0.167. The zero-order chi connectivity index (χ0) is 11.7. The molecule has 0 amide bonds. The minimum Gasteiger partial charge on any atom is -0.508 e. The lowest BCUT2D eigenvalue weighted by Gasteiger charge is -2.28. The van der Waals surface area contributed by atoms with Crippen molar-refractivity contribution in [3.8, 4) is 17.2 Å². The summed E-state index contributed by atoms with van der Waals surface area (Å²) in [4.78, 5) is 0. The number of nitrogens with one attached hydrogen (secondary N) is 1. The maximum absolute atomic E-state index is 10.1. The largest absolute Gasteiger partial charge is 0.508 e. The van der Waals surface area contributed by atoms with Crippen LogP contribution in [0.5, 0.6) is 17.2 Å². The van der Waals surface area contributed by atoms with E-state index in [9.17, 15) is 5.11 Å². The van der Waals surface area contributed by atoms with Crippen molar-refractivity contribution in [2.45, 2.75) is 18.8 Å². The van der Waals surface area contributed by atoms with Crippen molar-refractivity contribution in [2.75, 3.05) is 26.3 Å². The lowest BCUT2D eigenvalue weighted by atomic mass is 9.88. The second-order valence-corrected chi connectivity index (χ2v) is 4.55. The van der Waals surface area contributed by atoms with Crippen molar-refractivity contribution in [1.82, 2.24) is 5.32 Å². The van der Waals surface area contributed by atoms with Gasteiger partial charge in [0.1, 0.15) is 19.0 Å². The molecule has 2 aliphatic heterocycles. The molecule has 0 aliphatic carbocycles. The molecule has 2 heterocycles. The van der Waals surface area contributed by atoms with Gasteiger partial charge in [-0.1, -0.05) is 0 Å². The number of phenols is 1. The predicted octanol–water partition coefficient (Wildman–Crippen LogP) is 1.63. The topological polar surface area (TPSA) is 50.7 Å². The molecule has 0 spiro atoms. The second-order valence-electron chi connectivity index (χ2n) is 4.55. The first-order valence-electron chi connectivity index (χ1n) is 6.18. The zero-order valence-electron chi connectivity index (χ0n) is 9.74. The monoisotopic (exact) mass is 235 g/mol. The highest BCUT2D eigenvalue weighted by Gasteiger charge is 2.26. The molecule has 2 aliphatic rings. The van der Waals surface area contributed by atoms with Gasteiger partial charge in [0.15, 0.2) is 11.5 Å². The van der Waals surface area contributed by atoms with Crippen LogP contribution in [-0.2, 0) is 0 Å². The minimum atomic E-state index is 0.334. The van der Waals surface area contributed by atoms with Gasteiger partial charge in [0.2, 0.25) is 0 Å². The van der Waals surface area contributed by atoms with Gasteiger partial charge in [-0.15, -0.1) is 0 Å². The number of aromatic hydroxyl groups is 1. The molecule has 0 atom stereocenters. The van der Waals surface area contributed by atoms with Gasteiger partial charge >= 0.3 is 0 Å². The highest BCUT2D eigenvalue weighted by molar-refractivity contribution is 5.55. The van der Waals surface area contributed by atoms with Crippen LogP contribution in [0.15, 0.2) is 12.1 Å². The maximum atomic E-state index is 10.1. The van der Waals surface area contributed by atoms with E-state index in [2.05, 4.69) is 5.32 Å². The summed E-state index contributed by atoms with van der Waals surface area (Å²) in [6, 6.07) is 3.50. The number of piperidine rings is 1. The first-order valence-corrected chi connectivity index (χ1v) is 6.18. The second kappa shape index (κ2) is 4.45. The van der Waals surface area contributed by atoms with Gasteiger partial charge in [0, 0.05) is 5.56 Å². The van der Waals surface area contributed by atoms with Gasteiger partial charge < -0.3 is 19.9 Å². The van der Waals surface area contributed by atoms with Crippen molar-refractivity contribution in [3.63, 3.8) is 0 Å². The number of hydrogen-bond donors (Lipinski definition) is 2. The number of phenolic OH excluding ortho intramolecular Hbond substituents is 1. The Morgan fingerprint density at radius 2 is 1.88 bits per heavy atom. The molecule has 0 radical (unpaired) electrons. The van der Waals surface area contributed by atoms with Crippen molar-refractivity contribution in [2.24, 2.45) is 0 Å². The third kappa shape index (κ3) is 1.93. The average Bonchev–Trinajstić information content (AvgIpc) is 2.39. The summed E-state index contributed by atoms with van der Waals surface area (Å²) in [7, 11) is 0. The SMILES string of the molecule is Oc1ccc2c(c1C1CCNCC1)OCCO2. The summed E-state index contributed by atoms with van der Waals surface area (Å²) < 4.78 is 11.2. The zero-order valence-corrected chi connectivity index (χ0v) is 9.74. The van der Waals surface area contributed by atoms with E-state index in [4.69, 9.17) is 9.47 Å². The molecular weight excluding hydrogens is 218 g/mol. The average molecular weight is 235 g/mol. The minimum absolute atomic E-state index is 0.334. The van der Waals surface area contributed by atoms with E-state index >= 15 is 0 Å².